The number of ether oxygens (including phenoxy) is 2. The molecule has 0 aliphatic rings. The van der Waals surface area contributed by atoms with Gasteiger partial charge in [0.05, 0.1) is 12.6 Å². The first-order chi connectivity index (χ1) is 12.5. The molecule has 0 saturated carbocycles. The molecule has 0 N–H and O–H groups in total. The van der Waals surface area contributed by atoms with Crippen molar-refractivity contribution in [2.45, 2.75) is 39.3 Å². The van der Waals surface area contributed by atoms with Gasteiger partial charge in [-0.1, -0.05) is 43.3 Å². The fourth-order valence-corrected chi connectivity index (χ4v) is 3.21. The fraction of sp³-hybridized carbons (Fsp3) is 0.318. The van der Waals surface area contributed by atoms with Crippen molar-refractivity contribution in [3.05, 3.63) is 65.9 Å². The molecule has 0 aliphatic carbocycles. The maximum absolute atomic E-state index is 12.0. The van der Waals surface area contributed by atoms with E-state index in [0.29, 0.717) is 5.75 Å². The molecular weight excluding hydrogens is 326 g/mol. The predicted octanol–water partition coefficient (Wildman–Crippen LogP) is 4.58. The molecule has 0 amide bonds. The van der Waals surface area contributed by atoms with Crippen molar-refractivity contribution in [3.8, 4) is 5.75 Å². The average molecular weight is 351 g/mol. The highest BCUT2D eigenvalue weighted by Crippen LogP contribution is 2.32. The van der Waals surface area contributed by atoms with E-state index in [0.717, 1.165) is 23.9 Å². The van der Waals surface area contributed by atoms with Crippen molar-refractivity contribution in [1.29, 1.82) is 0 Å². The summed E-state index contributed by atoms with van der Waals surface area (Å²) in [4.78, 5) is 12.0. The number of methoxy groups -OCH3 is 1. The van der Waals surface area contributed by atoms with Crippen LogP contribution < -0.4 is 4.74 Å². The molecule has 0 atom stereocenters. The van der Waals surface area contributed by atoms with Crippen molar-refractivity contribution in [2.75, 3.05) is 7.11 Å². The summed E-state index contributed by atoms with van der Waals surface area (Å²) >= 11 is 0. The Balaban J connectivity index is 2.04. The van der Waals surface area contributed by atoms with Gasteiger partial charge in [-0.25, -0.2) is 4.79 Å². The number of aromatic nitrogens is 1. The lowest BCUT2D eigenvalue weighted by Crippen LogP contribution is -2.39. The topological polar surface area (TPSA) is 40.5 Å². The van der Waals surface area contributed by atoms with Crippen LogP contribution in [-0.2, 0) is 22.5 Å². The first-order valence-corrected chi connectivity index (χ1v) is 8.88. The largest absolute Gasteiger partial charge is 0.475 e. The third-order valence-electron chi connectivity index (χ3n) is 4.58. The number of aryl methyl sites for hydroxylation is 1. The van der Waals surface area contributed by atoms with E-state index >= 15 is 0 Å². The Hall–Kier alpha value is -2.75. The minimum Gasteiger partial charge on any atom is -0.475 e. The zero-order valence-corrected chi connectivity index (χ0v) is 15.8. The van der Waals surface area contributed by atoms with Gasteiger partial charge in [0.2, 0.25) is 0 Å². The number of nitrogens with zero attached hydrogens (tertiary/aromatic N) is 1. The molecule has 1 aromatic heterocycles. The molecule has 3 rings (SSSR count). The van der Waals surface area contributed by atoms with E-state index < -0.39 is 11.6 Å². The van der Waals surface area contributed by atoms with Crippen LogP contribution in [0.25, 0.3) is 10.9 Å². The summed E-state index contributed by atoms with van der Waals surface area (Å²) in [5.74, 6) is 0.299. The first kappa shape index (κ1) is 18.1. The predicted molar refractivity (Wildman–Crippen MR) is 104 cm³/mol. The van der Waals surface area contributed by atoms with E-state index in [1.165, 1.54) is 18.4 Å². The molecule has 26 heavy (non-hydrogen) atoms. The van der Waals surface area contributed by atoms with Crippen LogP contribution >= 0.6 is 0 Å². The van der Waals surface area contributed by atoms with Crippen LogP contribution in [0.2, 0.25) is 0 Å². The van der Waals surface area contributed by atoms with Crippen LogP contribution in [-0.4, -0.2) is 23.2 Å². The average Bonchev–Trinajstić information content (AvgIpc) is 3.00. The zero-order chi connectivity index (χ0) is 18.7. The number of hydrogen-bond acceptors (Lipinski definition) is 3. The molecule has 136 valence electrons. The van der Waals surface area contributed by atoms with Gasteiger partial charge >= 0.3 is 5.97 Å². The molecule has 1 heterocycles. The number of hydrogen-bond donors (Lipinski definition) is 0. The van der Waals surface area contributed by atoms with Gasteiger partial charge in [0.1, 0.15) is 5.75 Å². The molecule has 0 spiro atoms. The number of benzene rings is 2. The van der Waals surface area contributed by atoms with Crippen LogP contribution in [0.4, 0.5) is 0 Å². The normalized spacial score (nSPS) is 11.5. The maximum Gasteiger partial charge on any atom is 0.349 e. The monoisotopic (exact) mass is 351 g/mol. The van der Waals surface area contributed by atoms with Gasteiger partial charge in [-0.3, -0.25) is 0 Å². The highest BCUT2D eigenvalue weighted by molar-refractivity contribution is 5.88. The summed E-state index contributed by atoms with van der Waals surface area (Å²) in [6.45, 7) is 6.39. The minimum absolute atomic E-state index is 0.395. The summed E-state index contributed by atoms with van der Waals surface area (Å²) in [5, 5.41) is 1.01. The number of fused-ring (bicyclic) bond motifs is 1. The van der Waals surface area contributed by atoms with Gasteiger partial charge in [-0.05, 0) is 44.0 Å². The molecule has 0 radical (unpaired) electrons. The maximum atomic E-state index is 12.0. The van der Waals surface area contributed by atoms with Crippen LogP contribution in [0.15, 0.2) is 54.6 Å². The SMILES string of the molecule is CCc1cc2c(OC(C)(C)C(=O)OC)cccc2n1Cc1ccccc1. The van der Waals surface area contributed by atoms with E-state index in [2.05, 4.69) is 47.9 Å². The van der Waals surface area contributed by atoms with Crippen molar-refractivity contribution < 1.29 is 14.3 Å². The molecular formula is C22H25NO3. The quantitative estimate of drug-likeness (QED) is 0.610. The molecule has 0 saturated heterocycles. The fourth-order valence-electron chi connectivity index (χ4n) is 3.21. The van der Waals surface area contributed by atoms with Crippen molar-refractivity contribution in [1.82, 2.24) is 4.57 Å². The zero-order valence-electron chi connectivity index (χ0n) is 15.8. The summed E-state index contributed by atoms with van der Waals surface area (Å²) in [7, 11) is 1.37. The lowest BCUT2D eigenvalue weighted by Gasteiger charge is -2.23. The Morgan fingerprint density at radius 3 is 2.46 bits per heavy atom. The third-order valence-corrected chi connectivity index (χ3v) is 4.58. The molecule has 0 fully saturated rings. The second-order valence-corrected chi connectivity index (χ2v) is 6.85. The molecule has 0 bridgehead atoms. The van der Waals surface area contributed by atoms with E-state index in [1.54, 1.807) is 13.8 Å². The Morgan fingerprint density at radius 2 is 1.81 bits per heavy atom. The van der Waals surface area contributed by atoms with Gasteiger partial charge in [0, 0.05) is 17.6 Å². The van der Waals surface area contributed by atoms with Gasteiger partial charge in [0.15, 0.2) is 5.60 Å². The van der Waals surface area contributed by atoms with Crippen LogP contribution in [0.5, 0.6) is 5.75 Å². The van der Waals surface area contributed by atoms with Gasteiger partial charge < -0.3 is 14.0 Å². The Morgan fingerprint density at radius 1 is 1.08 bits per heavy atom. The van der Waals surface area contributed by atoms with E-state index in [1.807, 2.05) is 18.2 Å². The molecule has 2 aromatic carbocycles. The van der Waals surface area contributed by atoms with Crippen LogP contribution in [0.3, 0.4) is 0 Å². The van der Waals surface area contributed by atoms with Gasteiger partial charge in [0.25, 0.3) is 0 Å². The summed E-state index contributed by atoms with van der Waals surface area (Å²) in [6, 6.07) is 18.5. The molecule has 0 unspecified atom stereocenters. The number of carbonyl (C=O) groups is 1. The van der Waals surface area contributed by atoms with Crippen LogP contribution in [0, 0.1) is 0 Å². The summed E-state index contributed by atoms with van der Waals surface area (Å²) < 4.78 is 13.2. The van der Waals surface area contributed by atoms with E-state index in [9.17, 15) is 4.79 Å². The second-order valence-electron chi connectivity index (χ2n) is 6.85. The Labute approximate surface area is 154 Å². The van der Waals surface area contributed by atoms with Crippen molar-refractivity contribution in [2.24, 2.45) is 0 Å². The smallest absolute Gasteiger partial charge is 0.349 e. The standard InChI is InChI=1S/C22H25NO3/c1-5-17-14-18-19(23(17)15-16-10-7-6-8-11-16)12-9-13-20(18)26-22(2,3)21(24)25-4/h6-14H,5,15H2,1-4H3. The van der Waals surface area contributed by atoms with E-state index in [4.69, 9.17) is 9.47 Å². The molecule has 3 aromatic rings. The highest BCUT2D eigenvalue weighted by atomic mass is 16.6. The number of rotatable bonds is 6. The Kier molecular flexibility index (Phi) is 5.03. The molecule has 4 heteroatoms. The van der Waals surface area contributed by atoms with Crippen LogP contribution in [0.1, 0.15) is 32.0 Å². The number of esters is 1. The highest BCUT2D eigenvalue weighted by Gasteiger charge is 2.31. The number of carbonyl (C=O) groups excluding carboxylic acids is 1. The van der Waals surface area contributed by atoms with Crippen molar-refractivity contribution >= 4 is 16.9 Å². The van der Waals surface area contributed by atoms with E-state index in [-0.39, 0.29) is 0 Å². The lowest BCUT2D eigenvalue weighted by molar-refractivity contribution is -0.155. The van der Waals surface area contributed by atoms with Gasteiger partial charge in [-0.2, -0.15) is 0 Å². The first-order valence-electron chi connectivity index (χ1n) is 8.88. The summed E-state index contributed by atoms with van der Waals surface area (Å²) in [5.41, 5.74) is 2.54. The van der Waals surface area contributed by atoms with Gasteiger partial charge in [-0.15, -0.1) is 0 Å². The van der Waals surface area contributed by atoms with Crippen molar-refractivity contribution in [3.63, 3.8) is 0 Å². The third kappa shape index (κ3) is 3.45. The minimum atomic E-state index is -1.04. The summed E-state index contributed by atoms with van der Waals surface area (Å²) in [6.07, 6.45) is 0.918. The molecule has 0 aliphatic heterocycles. The lowest BCUT2D eigenvalue weighted by atomic mass is 10.1. The molecule has 4 nitrogen and oxygen atoms in total. The second kappa shape index (κ2) is 7.24. The Bertz CT molecular complexity index is 910.